The molecule has 0 radical (unpaired) electrons. The maximum atomic E-state index is 11.0. The van der Waals surface area contributed by atoms with Gasteiger partial charge >= 0.3 is 0 Å². The van der Waals surface area contributed by atoms with Gasteiger partial charge in [0.2, 0.25) is 0 Å². The number of thiophene rings is 1. The van der Waals surface area contributed by atoms with Gasteiger partial charge in [0.25, 0.3) is 0 Å². The van der Waals surface area contributed by atoms with Gasteiger partial charge in [0, 0.05) is 14.0 Å². The highest BCUT2D eigenvalue weighted by molar-refractivity contribution is 14.1. The van der Waals surface area contributed by atoms with Crippen molar-refractivity contribution in [2.75, 3.05) is 0 Å². The molecule has 1 aromatic carbocycles. The van der Waals surface area contributed by atoms with E-state index in [1.807, 2.05) is 24.3 Å². The highest BCUT2D eigenvalue weighted by atomic mass is 127. The maximum absolute atomic E-state index is 11.0. The van der Waals surface area contributed by atoms with Crippen molar-refractivity contribution in [2.24, 2.45) is 4.99 Å². The van der Waals surface area contributed by atoms with Crippen LogP contribution in [0.25, 0.3) is 5.57 Å². The Hall–Kier alpha value is -0.493. The monoisotopic (exact) mass is 619 g/mol. The summed E-state index contributed by atoms with van der Waals surface area (Å²) in [5, 5.41) is 23.5. The molecule has 2 unspecified atom stereocenters. The molecule has 0 amide bonds. The molecule has 1 aliphatic heterocycles. The molecule has 1 aromatic heterocycles. The fourth-order valence-corrected chi connectivity index (χ4v) is 12.4. The van der Waals surface area contributed by atoms with E-state index >= 15 is 0 Å². The lowest BCUT2D eigenvalue weighted by molar-refractivity contribution is 0.280. The Kier molecular flexibility index (Phi) is 5.43. The minimum absolute atomic E-state index is 0.288. The summed E-state index contributed by atoms with van der Waals surface area (Å²) in [6, 6.07) is 8.76. The second-order valence-corrected chi connectivity index (χ2v) is 15.4. The van der Waals surface area contributed by atoms with Gasteiger partial charge in [0.15, 0.2) is 0 Å². The number of phenols is 1. The number of benzene rings is 1. The molecule has 0 fully saturated rings. The van der Waals surface area contributed by atoms with Crippen molar-refractivity contribution >= 4 is 86.8 Å². The van der Waals surface area contributed by atoms with Crippen molar-refractivity contribution in [3.05, 3.63) is 52.9 Å². The van der Waals surface area contributed by atoms with E-state index < -0.39 is 14.2 Å². The van der Waals surface area contributed by atoms with Crippen molar-refractivity contribution in [1.29, 1.82) is 0 Å². The van der Waals surface area contributed by atoms with Crippen LogP contribution in [0.2, 0.25) is 12.6 Å². The zero-order valence-electron chi connectivity index (χ0n) is 15.0. The average molecular weight is 619 g/mol. The molecule has 2 atom stereocenters. The molecule has 2 aromatic rings. The number of phenolic OH excluding ortho intramolecular Hbond substituents is 1. The third-order valence-electron chi connectivity index (χ3n) is 5.28. The Balaban J connectivity index is 2.08. The molecule has 1 aliphatic carbocycles. The molecular formula is C20H19I2NO2SSi. The summed E-state index contributed by atoms with van der Waals surface area (Å²) in [5.41, 5.74) is 2.96. The lowest BCUT2D eigenvalue weighted by Gasteiger charge is -2.39. The number of aliphatic imine (C=N–C) groups is 1. The van der Waals surface area contributed by atoms with Crippen molar-refractivity contribution in [1.82, 2.24) is 0 Å². The predicted octanol–water partition coefficient (Wildman–Crippen LogP) is 5.37. The summed E-state index contributed by atoms with van der Waals surface area (Å²) in [6.07, 6.45) is 4.27. The van der Waals surface area contributed by atoms with Crippen LogP contribution in [0.1, 0.15) is 18.2 Å². The van der Waals surface area contributed by atoms with Gasteiger partial charge in [-0.25, -0.2) is 4.99 Å². The number of allylic oxidation sites excluding steroid dienone is 2. The minimum atomic E-state index is -2.17. The summed E-state index contributed by atoms with van der Waals surface area (Å²) in [5.74, 6) is 0.288. The normalized spacial score (nSPS) is 23.9. The smallest absolute Gasteiger partial charge is 0.121 e. The van der Waals surface area contributed by atoms with Crippen LogP contribution in [0.4, 0.5) is 5.69 Å². The van der Waals surface area contributed by atoms with Crippen molar-refractivity contribution in [3.63, 3.8) is 0 Å². The van der Waals surface area contributed by atoms with Crippen molar-refractivity contribution in [3.8, 4) is 5.75 Å². The van der Waals surface area contributed by atoms with Crippen LogP contribution in [0.15, 0.2) is 46.6 Å². The number of nitrogens with zero attached hydrogens (tertiary/aromatic N) is 1. The van der Waals surface area contributed by atoms with Crippen LogP contribution in [0, 0.1) is 6.45 Å². The number of aliphatic hydroxyl groups excluding tert-OH is 1. The first-order valence-corrected chi connectivity index (χ1v) is 14.5. The van der Waals surface area contributed by atoms with E-state index in [4.69, 9.17) is 4.99 Å². The quantitative estimate of drug-likeness (QED) is 0.359. The van der Waals surface area contributed by atoms with E-state index in [9.17, 15) is 10.2 Å². The van der Waals surface area contributed by atoms with Crippen LogP contribution >= 0.6 is 56.5 Å². The molecule has 0 saturated heterocycles. The standard InChI is InChI=1S/C20H19I2NO2SSi/c1-3-8-27(2)16-9-11(24)4-5-13(16)23-14-6-7-15(25)18(20(14)27)19-12(21)10-17(22)26-19/h4-7,9-10,15,24-25H,3,8H2,1-2H3. The third kappa shape index (κ3) is 3.28. The molecular weight excluding hydrogens is 600 g/mol. The second kappa shape index (κ2) is 7.40. The summed E-state index contributed by atoms with van der Waals surface area (Å²) in [6.45, 7) is 4.56. The molecule has 4 rings (SSSR count). The number of halogens is 2. The van der Waals surface area contributed by atoms with Crippen LogP contribution in [-0.4, -0.2) is 30.1 Å². The molecule has 0 bridgehead atoms. The minimum Gasteiger partial charge on any atom is -0.508 e. The number of hydrogen-bond acceptors (Lipinski definition) is 4. The van der Waals surface area contributed by atoms with Crippen LogP contribution < -0.4 is 5.19 Å². The third-order valence-corrected chi connectivity index (χ3v) is 13.1. The van der Waals surface area contributed by atoms with Crippen molar-refractivity contribution < 1.29 is 10.2 Å². The average Bonchev–Trinajstić information content (AvgIpc) is 2.95. The first-order chi connectivity index (χ1) is 12.8. The largest absolute Gasteiger partial charge is 0.508 e. The summed E-state index contributed by atoms with van der Waals surface area (Å²) in [4.78, 5) is 6.07. The zero-order valence-corrected chi connectivity index (χ0v) is 21.1. The molecule has 140 valence electrons. The topological polar surface area (TPSA) is 52.8 Å². The van der Waals surface area contributed by atoms with E-state index in [-0.39, 0.29) is 5.75 Å². The van der Waals surface area contributed by atoms with Crippen molar-refractivity contribution in [2.45, 2.75) is 32.0 Å². The van der Waals surface area contributed by atoms with E-state index in [0.717, 1.165) is 34.3 Å². The highest BCUT2D eigenvalue weighted by Gasteiger charge is 2.44. The Labute approximate surface area is 191 Å². The number of rotatable bonds is 3. The molecule has 2 aliphatic rings. The van der Waals surface area contributed by atoms with Gasteiger partial charge < -0.3 is 10.2 Å². The highest BCUT2D eigenvalue weighted by Crippen LogP contribution is 2.44. The first-order valence-electron chi connectivity index (χ1n) is 8.84. The van der Waals surface area contributed by atoms with Gasteiger partial charge in [-0.2, -0.15) is 0 Å². The Bertz CT molecular complexity index is 1030. The van der Waals surface area contributed by atoms with Gasteiger partial charge in [-0.05, 0) is 98.0 Å². The van der Waals surface area contributed by atoms with E-state index in [1.54, 1.807) is 17.4 Å². The van der Waals surface area contributed by atoms with Gasteiger partial charge in [0.1, 0.15) is 13.8 Å². The first kappa shape index (κ1) is 19.8. The Morgan fingerprint density at radius 3 is 2.70 bits per heavy atom. The lowest BCUT2D eigenvalue weighted by Crippen LogP contribution is -2.52. The van der Waals surface area contributed by atoms with Gasteiger partial charge in [0.05, 0.1) is 20.4 Å². The van der Waals surface area contributed by atoms with Crippen LogP contribution in [0.3, 0.4) is 0 Å². The number of hydrogen-bond donors (Lipinski definition) is 2. The molecule has 0 saturated carbocycles. The van der Waals surface area contributed by atoms with E-state index in [2.05, 4.69) is 64.7 Å². The second-order valence-electron chi connectivity index (χ2n) is 7.10. The fraction of sp³-hybridized carbons (Fsp3) is 0.250. The Morgan fingerprint density at radius 1 is 1.26 bits per heavy atom. The number of aliphatic hydroxyl groups is 1. The van der Waals surface area contributed by atoms with Gasteiger partial charge in [-0.15, -0.1) is 11.3 Å². The SMILES string of the molecule is CCC[Si]1(C)C2=C(c3sc(I)cc3I)C(O)C=CC2=Nc2ccc(O)cc21. The van der Waals surface area contributed by atoms with Crippen LogP contribution in [0.5, 0.6) is 5.75 Å². The molecule has 7 heteroatoms. The maximum Gasteiger partial charge on any atom is 0.121 e. The fourth-order valence-electron chi connectivity index (χ4n) is 4.18. The van der Waals surface area contributed by atoms with E-state index in [1.165, 1.54) is 16.8 Å². The predicted molar refractivity (Wildman–Crippen MR) is 133 cm³/mol. The lowest BCUT2D eigenvalue weighted by atomic mass is 9.99. The summed E-state index contributed by atoms with van der Waals surface area (Å²) < 4.78 is 2.39. The number of aromatic hydroxyl groups is 1. The molecule has 2 N–H and O–H groups in total. The Morgan fingerprint density at radius 2 is 2.04 bits per heavy atom. The van der Waals surface area contributed by atoms with Crippen LogP contribution in [-0.2, 0) is 0 Å². The van der Waals surface area contributed by atoms with Gasteiger partial charge in [-0.3, -0.25) is 0 Å². The summed E-state index contributed by atoms with van der Waals surface area (Å²) in [7, 11) is -2.17. The van der Waals surface area contributed by atoms with E-state index in [0.29, 0.717) is 0 Å². The molecule has 27 heavy (non-hydrogen) atoms. The van der Waals surface area contributed by atoms with Gasteiger partial charge in [-0.1, -0.05) is 19.9 Å². The zero-order chi connectivity index (χ0) is 19.3. The number of fused-ring (bicyclic) bond motifs is 2. The molecule has 3 nitrogen and oxygen atoms in total. The molecule has 0 spiro atoms. The molecule has 2 heterocycles. The summed E-state index contributed by atoms with van der Waals surface area (Å²) >= 11 is 6.44.